The van der Waals surface area contributed by atoms with Crippen LogP contribution in [-0.2, 0) is 4.90 Å². The van der Waals surface area contributed by atoms with Crippen LogP contribution in [0.25, 0.3) is 0 Å². The molecular weight excluding hydrogens is 360 g/mol. The standard InChI is InChI=1S/C21H23NP2S/c22-24-15-17(16-8-3-1-4-9-16)14-19(20-12-7-13-25-20)21(24,23)18-10-5-2-6-11-18/h1-13,17,19H,14-15,22-23H2. The van der Waals surface area contributed by atoms with E-state index >= 15 is 0 Å². The van der Waals surface area contributed by atoms with Gasteiger partial charge < -0.3 is 5.50 Å². The summed E-state index contributed by atoms with van der Waals surface area (Å²) in [7, 11) is 2.54. The van der Waals surface area contributed by atoms with Crippen LogP contribution in [0.3, 0.4) is 0 Å². The fourth-order valence-electron chi connectivity index (χ4n) is 3.99. The molecule has 3 aromatic rings. The Morgan fingerprint density at radius 1 is 0.960 bits per heavy atom. The highest BCUT2D eigenvalue weighted by molar-refractivity contribution is 7.64. The molecule has 1 aromatic heterocycles. The Labute approximate surface area is 157 Å². The summed E-state index contributed by atoms with van der Waals surface area (Å²) in [5.41, 5.74) is 9.71. The fourth-order valence-corrected chi connectivity index (χ4v) is 8.20. The van der Waals surface area contributed by atoms with Crippen molar-refractivity contribution in [3.05, 3.63) is 94.2 Å². The lowest BCUT2D eigenvalue weighted by Crippen LogP contribution is -2.35. The lowest BCUT2D eigenvalue weighted by molar-refractivity contribution is 0.502. The molecule has 0 spiro atoms. The average molecular weight is 383 g/mol. The van der Waals surface area contributed by atoms with Gasteiger partial charge in [0, 0.05) is 15.7 Å². The van der Waals surface area contributed by atoms with E-state index in [1.54, 1.807) is 0 Å². The van der Waals surface area contributed by atoms with Crippen LogP contribution in [0.1, 0.15) is 34.3 Å². The molecule has 1 saturated heterocycles. The van der Waals surface area contributed by atoms with E-state index in [2.05, 4.69) is 87.4 Å². The molecule has 128 valence electrons. The first kappa shape index (κ1) is 17.4. The molecule has 4 rings (SSSR count). The average Bonchev–Trinajstić information content (AvgIpc) is 3.19. The van der Waals surface area contributed by atoms with Crippen molar-refractivity contribution in [3.8, 4) is 0 Å². The minimum Gasteiger partial charge on any atom is -0.309 e. The summed E-state index contributed by atoms with van der Waals surface area (Å²) in [6.07, 6.45) is 2.23. The normalized spacial score (nSPS) is 29.4. The van der Waals surface area contributed by atoms with E-state index < -0.39 is 8.07 Å². The van der Waals surface area contributed by atoms with E-state index in [1.165, 1.54) is 16.0 Å². The van der Waals surface area contributed by atoms with Gasteiger partial charge in [0.05, 0.1) is 0 Å². The predicted molar refractivity (Wildman–Crippen MR) is 115 cm³/mol. The quantitative estimate of drug-likeness (QED) is 0.543. The molecule has 2 N–H and O–H groups in total. The summed E-state index contributed by atoms with van der Waals surface area (Å²) < 4.78 is 0. The van der Waals surface area contributed by atoms with Crippen molar-refractivity contribution in [1.29, 1.82) is 0 Å². The van der Waals surface area contributed by atoms with Crippen LogP contribution in [0, 0.1) is 0 Å². The fraction of sp³-hybridized carbons (Fsp3) is 0.238. The van der Waals surface area contributed by atoms with Crippen LogP contribution < -0.4 is 5.50 Å². The molecule has 1 nitrogen and oxygen atoms in total. The summed E-state index contributed by atoms with van der Waals surface area (Å²) >= 11 is 1.87. The van der Waals surface area contributed by atoms with E-state index in [0.29, 0.717) is 11.8 Å². The van der Waals surface area contributed by atoms with Gasteiger partial charge in [-0.05, 0) is 49.1 Å². The molecular formula is C21H23NP2S. The van der Waals surface area contributed by atoms with Crippen LogP contribution in [0.4, 0.5) is 0 Å². The first-order chi connectivity index (χ1) is 12.2. The molecule has 1 aliphatic heterocycles. The third kappa shape index (κ3) is 3.22. The van der Waals surface area contributed by atoms with Crippen LogP contribution in [-0.4, -0.2) is 6.16 Å². The maximum atomic E-state index is 6.92. The van der Waals surface area contributed by atoms with Gasteiger partial charge in [0.2, 0.25) is 0 Å². The molecule has 5 atom stereocenters. The van der Waals surface area contributed by atoms with Gasteiger partial charge in [-0.1, -0.05) is 66.7 Å². The Balaban J connectivity index is 1.77. The highest BCUT2D eigenvalue weighted by Gasteiger charge is 2.48. The SMILES string of the molecule is NP1CC(c2ccccc2)CC(c2cccs2)C1(P)c1ccccc1. The second kappa shape index (κ2) is 7.29. The monoisotopic (exact) mass is 383 g/mol. The number of benzene rings is 2. The largest absolute Gasteiger partial charge is 0.309 e. The molecule has 1 fully saturated rings. The van der Waals surface area contributed by atoms with Crippen LogP contribution >= 0.6 is 28.6 Å². The van der Waals surface area contributed by atoms with E-state index in [0.717, 1.165) is 12.6 Å². The van der Waals surface area contributed by atoms with Crippen molar-refractivity contribution < 1.29 is 0 Å². The van der Waals surface area contributed by atoms with Gasteiger partial charge in [-0.15, -0.1) is 20.6 Å². The lowest BCUT2D eigenvalue weighted by atomic mass is 9.84. The zero-order valence-corrected chi connectivity index (χ0v) is 17.0. The summed E-state index contributed by atoms with van der Waals surface area (Å²) in [4.78, 5) is 1.41. The van der Waals surface area contributed by atoms with Gasteiger partial charge in [0.25, 0.3) is 0 Å². The molecule has 2 heterocycles. The van der Waals surface area contributed by atoms with E-state index in [4.69, 9.17) is 5.50 Å². The smallest absolute Gasteiger partial charge is 0.0499 e. The zero-order chi connectivity index (χ0) is 17.3. The molecule has 2 aromatic carbocycles. The van der Waals surface area contributed by atoms with Gasteiger partial charge in [0.15, 0.2) is 0 Å². The summed E-state index contributed by atoms with van der Waals surface area (Å²) in [5, 5.41) is 2.19. The second-order valence-electron chi connectivity index (χ2n) is 6.76. The van der Waals surface area contributed by atoms with E-state index in [1.807, 2.05) is 11.3 Å². The van der Waals surface area contributed by atoms with Crippen molar-refractivity contribution >= 4 is 28.6 Å². The van der Waals surface area contributed by atoms with Crippen LogP contribution in [0.5, 0.6) is 0 Å². The van der Waals surface area contributed by atoms with Crippen molar-refractivity contribution in [2.24, 2.45) is 5.50 Å². The van der Waals surface area contributed by atoms with Gasteiger partial charge in [0.1, 0.15) is 0 Å². The van der Waals surface area contributed by atoms with Crippen molar-refractivity contribution in [1.82, 2.24) is 0 Å². The third-order valence-electron chi connectivity index (χ3n) is 5.34. The third-order valence-corrected chi connectivity index (χ3v) is 10.4. The summed E-state index contributed by atoms with van der Waals surface area (Å²) in [6, 6.07) is 26.2. The molecule has 0 amide bonds. The Morgan fingerprint density at radius 2 is 1.64 bits per heavy atom. The molecule has 0 radical (unpaired) electrons. The molecule has 1 aliphatic rings. The van der Waals surface area contributed by atoms with Gasteiger partial charge in [-0.2, -0.15) is 0 Å². The molecule has 5 unspecified atom stereocenters. The van der Waals surface area contributed by atoms with Crippen LogP contribution in [0.2, 0.25) is 0 Å². The molecule has 4 heteroatoms. The minimum atomic E-state index is -0.651. The number of rotatable bonds is 3. The lowest BCUT2D eigenvalue weighted by Gasteiger charge is -2.48. The highest BCUT2D eigenvalue weighted by atomic mass is 32.1. The molecule has 0 saturated carbocycles. The molecule has 0 aliphatic carbocycles. The Hall–Kier alpha value is -1.04. The molecule has 0 bridgehead atoms. The van der Waals surface area contributed by atoms with E-state index in [9.17, 15) is 0 Å². The Morgan fingerprint density at radius 3 is 2.28 bits per heavy atom. The Bertz CT molecular complexity index is 806. The van der Waals surface area contributed by atoms with Gasteiger partial charge in [-0.3, -0.25) is 0 Å². The topological polar surface area (TPSA) is 26.0 Å². The highest BCUT2D eigenvalue weighted by Crippen LogP contribution is 2.69. The first-order valence-electron chi connectivity index (χ1n) is 8.64. The van der Waals surface area contributed by atoms with Gasteiger partial charge >= 0.3 is 0 Å². The maximum Gasteiger partial charge on any atom is 0.0499 e. The zero-order valence-electron chi connectivity index (χ0n) is 14.1. The van der Waals surface area contributed by atoms with E-state index in [-0.39, 0.29) is 4.90 Å². The molecule has 25 heavy (non-hydrogen) atoms. The van der Waals surface area contributed by atoms with Gasteiger partial charge in [-0.25, -0.2) is 0 Å². The van der Waals surface area contributed by atoms with Crippen LogP contribution in [0.15, 0.2) is 78.2 Å². The maximum absolute atomic E-state index is 6.92. The first-order valence-corrected chi connectivity index (χ1v) is 11.7. The second-order valence-corrected chi connectivity index (χ2v) is 11.2. The number of hydrogen-bond acceptors (Lipinski definition) is 2. The summed E-state index contributed by atoms with van der Waals surface area (Å²) in [5.74, 6) is 0.983. The van der Waals surface area contributed by atoms with Crippen molar-refractivity contribution in [3.63, 3.8) is 0 Å². The number of thiophene rings is 1. The summed E-state index contributed by atoms with van der Waals surface area (Å²) in [6.45, 7) is 0. The van der Waals surface area contributed by atoms with Crippen molar-refractivity contribution in [2.45, 2.75) is 23.2 Å². The Kier molecular flexibility index (Phi) is 5.07. The number of nitrogens with two attached hydrogens (primary N) is 1. The van der Waals surface area contributed by atoms with Crippen molar-refractivity contribution in [2.75, 3.05) is 6.16 Å². The minimum absolute atomic E-state index is 0.0489. The predicted octanol–water partition coefficient (Wildman–Crippen LogP) is 6.10. The number of hydrogen-bond donors (Lipinski definition) is 1.